The molecule has 0 amide bonds. The number of hydrogen-bond donors (Lipinski definition) is 1. The smallest absolute Gasteiger partial charge is 0.241 e. The van der Waals surface area contributed by atoms with Crippen LogP contribution in [-0.4, -0.2) is 55.6 Å². The maximum absolute atomic E-state index is 12.7. The van der Waals surface area contributed by atoms with Gasteiger partial charge >= 0.3 is 0 Å². The predicted molar refractivity (Wildman–Crippen MR) is 126 cm³/mol. The first-order chi connectivity index (χ1) is 16.3. The van der Waals surface area contributed by atoms with Gasteiger partial charge in [0.1, 0.15) is 18.1 Å². The van der Waals surface area contributed by atoms with Crippen LogP contribution in [0.4, 0.5) is 0 Å². The monoisotopic (exact) mass is 503 g/mol. The third kappa shape index (κ3) is 4.91. The standard InChI is InChI=1S/C22H22ClN5O5S/c1-14-11-18(32-3)17(23)13-19(14)34(29,30)24-9-10-33-21-8-7-20-25-26-22(28(20)27-21)15-5-4-6-16(12-15)31-2/h4-8,11-13,24H,9-10H2,1-3H3. The molecule has 0 unspecified atom stereocenters. The van der Waals surface area contributed by atoms with Crippen molar-refractivity contribution in [2.24, 2.45) is 0 Å². The molecule has 0 spiro atoms. The Bertz CT molecular complexity index is 1440. The molecule has 1 N–H and O–H groups in total. The van der Waals surface area contributed by atoms with Crippen LogP contribution in [0.2, 0.25) is 5.02 Å². The van der Waals surface area contributed by atoms with Gasteiger partial charge in [-0.1, -0.05) is 23.7 Å². The van der Waals surface area contributed by atoms with Gasteiger partial charge in [0.05, 0.1) is 24.1 Å². The first kappa shape index (κ1) is 23.7. The molecule has 0 radical (unpaired) electrons. The largest absolute Gasteiger partial charge is 0.497 e. The summed E-state index contributed by atoms with van der Waals surface area (Å²) in [6.07, 6.45) is 0. The third-order valence-electron chi connectivity index (χ3n) is 4.95. The Morgan fingerprint density at radius 2 is 1.88 bits per heavy atom. The number of ether oxygens (including phenoxy) is 3. The molecule has 0 fully saturated rings. The molecule has 4 aromatic rings. The summed E-state index contributed by atoms with van der Waals surface area (Å²) in [6.45, 7) is 1.75. The molecule has 10 nitrogen and oxygen atoms in total. The van der Waals surface area contributed by atoms with Crippen molar-refractivity contribution in [3.05, 3.63) is 59.1 Å². The average molecular weight is 504 g/mol. The van der Waals surface area contributed by atoms with E-state index < -0.39 is 10.0 Å². The fraction of sp³-hybridized carbons (Fsp3) is 0.227. The minimum atomic E-state index is -3.80. The Morgan fingerprint density at radius 1 is 1.06 bits per heavy atom. The van der Waals surface area contributed by atoms with E-state index in [-0.39, 0.29) is 23.1 Å². The van der Waals surface area contributed by atoms with Crippen LogP contribution in [0.1, 0.15) is 5.56 Å². The Morgan fingerprint density at radius 3 is 2.65 bits per heavy atom. The molecule has 4 rings (SSSR count). The topological polar surface area (TPSA) is 117 Å². The lowest BCUT2D eigenvalue weighted by Crippen LogP contribution is -2.29. The van der Waals surface area contributed by atoms with E-state index in [0.717, 1.165) is 5.56 Å². The third-order valence-corrected chi connectivity index (χ3v) is 6.85. The maximum atomic E-state index is 12.7. The van der Waals surface area contributed by atoms with Crippen molar-refractivity contribution in [2.45, 2.75) is 11.8 Å². The Labute approximate surface area is 201 Å². The van der Waals surface area contributed by atoms with E-state index in [4.69, 9.17) is 25.8 Å². The Balaban J connectivity index is 1.45. The number of benzene rings is 2. The molecule has 0 atom stereocenters. The van der Waals surface area contributed by atoms with Gasteiger partial charge in [0.25, 0.3) is 0 Å². The van der Waals surface area contributed by atoms with E-state index in [1.54, 1.807) is 36.7 Å². The molecule has 0 saturated carbocycles. The number of nitrogens with zero attached hydrogens (tertiary/aromatic N) is 4. The van der Waals surface area contributed by atoms with Crippen molar-refractivity contribution in [3.8, 4) is 28.8 Å². The number of aromatic nitrogens is 4. The number of hydrogen-bond acceptors (Lipinski definition) is 8. The summed E-state index contributed by atoms with van der Waals surface area (Å²) in [5, 5.41) is 13.0. The number of sulfonamides is 1. The first-order valence-corrected chi connectivity index (χ1v) is 12.0. The summed E-state index contributed by atoms with van der Waals surface area (Å²) in [5.41, 5.74) is 1.83. The number of nitrogens with one attached hydrogen (secondary N) is 1. The highest BCUT2D eigenvalue weighted by Gasteiger charge is 2.19. The number of methoxy groups -OCH3 is 2. The van der Waals surface area contributed by atoms with Gasteiger partial charge in [-0.25, -0.2) is 13.1 Å². The van der Waals surface area contributed by atoms with Gasteiger partial charge < -0.3 is 14.2 Å². The quantitative estimate of drug-likeness (QED) is 0.346. The molecular formula is C22H22ClN5O5S. The molecule has 178 valence electrons. The summed E-state index contributed by atoms with van der Waals surface area (Å²) in [6, 6.07) is 13.7. The zero-order valence-corrected chi connectivity index (χ0v) is 20.2. The SMILES string of the molecule is COc1cccc(-c2nnc3ccc(OCCNS(=O)(=O)c4cc(Cl)c(OC)cc4C)nn23)c1. The van der Waals surface area contributed by atoms with Crippen molar-refractivity contribution in [3.63, 3.8) is 0 Å². The van der Waals surface area contributed by atoms with Gasteiger partial charge in [-0.05, 0) is 42.8 Å². The van der Waals surface area contributed by atoms with Crippen LogP contribution in [0.5, 0.6) is 17.4 Å². The van der Waals surface area contributed by atoms with E-state index >= 15 is 0 Å². The fourth-order valence-corrected chi connectivity index (χ4v) is 4.85. The summed E-state index contributed by atoms with van der Waals surface area (Å²) in [5.74, 6) is 1.90. The molecule has 0 aliphatic heterocycles. The summed E-state index contributed by atoms with van der Waals surface area (Å²) < 4.78 is 45.5. The lowest BCUT2D eigenvalue weighted by atomic mass is 10.2. The molecular weight excluding hydrogens is 482 g/mol. The second kappa shape index (κ2) is 9.84. The van der Waals surface area contributed by atoms with E-state index in [1.165, 1.54) is 13.2 Å². The van der Waals surface area contributed by atoms with Gasteiger partial charge in [0.2, 0.25) is 15.9 Å². The fourth-order valence-electron chi connectivity index (χ4n) is 3.28. The summed E-state index contributed by atoms with van der Waals surface area (Å²) in [4.78, 5) is 0.0743. The number of aryl methyl sites for hydroxylation is 1. The number of halogens is 1. The minimum absolute atomic E-state index is 0.0239. The van der Waals surface area contributed by atoms with Crippen LogP contribution in [0.15, 0.2) is 53.4 Å². The summed E-state index contributed by atoms with van der Waals surface area (Å²) in [7, 11) is -0.741. The zero-order chi connectivity index (χ0) is 24.3. The Kier molecular flexibility index (Phi) is 6.87. The second-order valence-corrected chi connectivity index (χ2v) is 9.34. The molecule has 0 aliphatic carbocycles. The Hall–Kier alpha value is -3.41. The van der Waals surface area contributed by atoms with Crippen LogP contribution in [0.25, 0.3) is 17.0 Å². The molecule has 0 aliphatic rings. The molecule has 2 aromatic carbocycles. The highest BCUT2D eigenvalue weighted by atomic mass is 35.5. The molecule has 2 aromatic heterocycles. The van der Waals surface area contributed by atoms with Crippen LogP contribution in [-0.2, 0) is 10.0 Å². The summed E-state index contributed by atoms with van der Waals surface area (Å²) >= 11 is 6.09. The van der Waals surface area contributed by atoms with Gasteiger partial charge in [-0.15, -0.1) is 15.3 Å². The molecule has 0 bridgehead atoms. The van der Waals surface area contributed by atoms with Crippen molar-refractivity contribution >= 4 is 27.3 Å². The molecule has 12 heteroatoms. The van der Waals surface area contributed by atoms with Gasteiger partial charge in [-0.2, -0.15) is 4.52 Å². The average Bonchev–Trinajstić information content (AvgIpc) is 3.26. The van der Waals surface area contributed by atoms with Crippen LogP contribution < -0.4 is 18.9 Å². The maximum Gasteiger partial charge on any atom is 0.241 e. The lowest BCUT2D eigenvalue weighted by molar-refractivity contribution is 0.306. The normalized spacial score (nSPS) is 11.5. The van der Waals surface area contributed by atoms with Crippen LogP contribution in [0.3, 0.4) is 0 Å². The van der Waals surface area contributed by atoms with Crippen LogP contribution in [0, 0.1) is 6.92 Å². The second-order valence-electron chi connectivity index (χ2n) is 7.20. The molecule has 34 heavy (non-hydrogen) atoms. The van der Waals surface area contributed by atoms with Gasteiger partial charge in [0, 0.05) is 18.2 Å². The number of fused-ring (bicyclic) bond motifs is 1. The van der Waals surface area contributed by atoms with Crippen molar-refractivity contribution in [2.75, 3.05) is 27.4 Å². The van der Waals surface area contributed by atoms with Crippen molar-refractivity contribution < 1.29 is 22.6 Å². The predicted octanol–water partition coefficient (Wildman–Crippen LogP) is 3.13. The highest BCUT2D eigenvalue weighted by molar-refractivity contribution is 7.89. The number of rotatable bonds is 9. The highest BCUT2D eigenvalue weighted by Crippen LogP contribution is 2.30. The molecule has 2 heterocycles. The first-order valence-electron chi connectivity index (χ1n) is 10.2. The molecule has 0 saturated heterocycles. The lowest BCUT2D eigenvalue weighted by Gasteiger charge is -2.12. The van der Waals surface area contributed by atoms with E-state index in [9.17, 15) is 8.42 Å². The van der Waals surface area contributed by atoms with Crippen molar-refractivity contribution in [1.29, 1.82) is 0 Å². The van der Waals surface area contributed by atoms with Crippen molar-refractivity contribution in [1.82, 2.24) is 24.5 Å². The van der Waals surface area contributed by atoms with E-state index in [2.05, 4.69) is 20.0 Å². The minimum Gasteiger partial charge on any atom is -0.497 e. The van der Waals surface area contributed by atoms with E-state index in [1.807, 2.05) is 24.3 Å². The van der Waals surface area contributed by atoms with Gasteiger partial charge in [0.15, 0.2) is 11.5 Å². The van der Waals surface area contributed by atoms with E-state index in [0.29, 0.717) is 34.4 Å². The zero-order valence-electron chi connectivity index (χ0n) is 18.6. The van der Waals surface area contributed by atoms with Crippen LogP contribution >= 0.6 is 11.6 Å². The van der Waals surface area contributed by atoms with Gasteiger partial charge in [-0.3, -0.25) is 0 Å².